The van der Waals surface area contributed by atoms with Crippen LogP contribution in [0.25, 0.3) is 0 Å². The molecule has 246 valence electrons. The number of rotatable bonds is 8. The molecule has 0 radical (unpaired) electrons. The summed E-state index contributed by atoms with van der Waals surface area (Å²) in [5.41, 5.74) is 0.226. The Kier molecular flexibility index (Phi) is 8.79. The molecule has 5 rings (SSSR count). The predicted octanol–water partition coefficient (Wildman–Crippen LogP) is 5.31. The van der Waals surface area contributed by atoms with Gasteiger partial charge < -0.3 is 24.5 Å². The number of likely N-dealkylation sites (tertiary alicyclic amines) is 1. The number of fused-ring (bicyclic) bond motifs is 2. The van der Waals surface area contributed by atoms with Crippen LogP contribution in [0.1, 0.15) is 68.7 Å². The summed E-state index contributed by atoms with van der Waals surface area (Å²) in [4.78, 5) is 50.0. The van der Waals surface area contributed by atoms with Gasteiger partial charge in [-0.25, -0.2) is 0 Å². The molecule has 1 aromatic carbocycles. The fourth-order valence-electron chi connectivity index (χ4n) is 8.50. The first-order valence-electron chi connectivity index (χ1n) is 16.4. The van der Waals surface area contributed by atoms with Crippen LogP contribution in [-0.2, 0) is 14.4 Å². The third kappa shape index (κ3) is 5.62. The Morgan fingerprint density at radius 3 is 2.18 bits per heavy atom. The molecular weight excluding hydrogens is 586 g/mol. The molecule has 2 fully saturated rings. The van der Waals surface area contributed by atoms with Gasteiger partial charge in [-0.3, -0.25) is 14.4 Å². The third-order valence-corrected chi connectivity index (χ3v) is 11.8. The molecule has 9 heteroatoms. The molecule has 1 spiro atoms. The van der Waals surface area contributed by atoms with Crippen LogP contribution in [0, 0.1) is 23.2 Å². The lowest BCUT2D eigenvalue weighted by atomic mass is 9.74. The molecular formula is C36H51N3O5S. The Balaban J connectivity index is 1.63. The molecule has 0 aliphatic carbocycles. The first kappa shape index (κ1) is 33.6. The van der Waals surface area contributed by atoms with Gasteiger partial charge in [0.1, 0.15) is 11.8 Å². The van der Waals surface area contributed by atoms with Gasteiger partial charge in [0.25, 0.3) is 0 Å². The van der Waals surface area contributed by atoms with Gasteiger partial charge in [-0.15, -0.1) is 11.8 Å². The smallest absolute Gasteiger partial charge is 0.247 e. The fraction of sp³-hybridized carbons (Fsp3) is 0.639. The second-order valence-corrected chi connectivity index (χ2v) is 17.2. The summed E-state index contributed by atoms with van der Waals surface area (Å²) in [6.45, 7) is 19.7. The molecule has 0 aromatic heterocycles. The zero-order valence-electron chi connectivity index (χ0n) is 28.4. The van der Waals surface area contributed by atoms with E-state index in [2.05, 4.69) is 46.8 Å². The van der Waals surface area contributed by atoms with E-state index in [1.807, 2.05) is 69.0 Å². The van der Waals surface area contributed by atoms with Crippen LogP contribution >= 0.6 is 11.8 Å². The Morgan fingerprint density at radius 1 is 0.956 bits per heavy atom. The van der Waals surface area contributed by atoms with E-state index < -0.39 is 39.0 Å². The van der Waals surface area contributed by atoms with Gasteiger partial charge in [0.15, 0.2) is 0 Å². The lowest BCUT2D eigenvalue weighted by Gasteiger charge is -2.46. The maximum absolute atomic E-state index is 15.0. The molecule has 4 heterocycles. The van der Waals surface area contributed by atoms with Crippen molar-refractivity contribution in [3.05, 3.63) is 48.6 Å². The maximum Gasteiger partial charge on any atom is 0.247 e. The van der Waals surface area contributed by atoms with Crippen LogP contribution in [0.15, 0.2) is 48.6 Å². The fourth-order valence-corrected chi connectivity index (χ4v) is 10.6. The number of anilines is 1. The van der Waals surface area contributed by atoms with Crippen molar-refractivity contribution in [3.8, 4) is 5.75 Å². The number of hydrogen-bond donors (Lipinski definition) is 1. The number of ether oxygens (including phenoxy) is 1. The largest absolute Gasteiger partial charge is 0.494 e. The first-order valence-corrected chi connectivity index (χ1v) is 17.2. The van der Waals surface area contributed by atoms with Crippen LogP contribution in [-0.4, -0.2) is 86.0 Å². The molecule has 45 heavy (non-hydrogen) atoms. The summed E-state index contributed by atoms with van der Waals surface area (Å²) in [5.74, 6) is -1.30. The van der Waals surface area contributed by atoms with Crippen LogP contribution in [0.5, 0.6) is 5.75 Å². The summed E-state index contributed by atoms with van der Waals surface area (Å²) >= 11 is 1.58. The molecule has 3 amide bonds. The van der Waals surface area contributed by atoms with Crippen LogP contribution in [0.4, 0.5) is 5.69 Å². The minimum absolute atomic E-state index is 0.0267. The number of hydrogen-bond acceptors (Lipinski definition) is 6. The first-order chi connectivity index (χ1) is 21.0. The zero-order chi connectivity index (χ0) is 33.1. The second-order valence-electron chi connectivity index (χ2n) is 15.4. The van der Waals surface area contributed by atoms with Crippen molar-refractivity contribution in [1.29, 1.82) is 0 Å². The van der Waals surface area contributed by atoms with Gasteiger partial charge in [-0.1, -0.05) is 58.9 Å². The van der Waals surface area contributed by atoms with E-state index in [9.17, 15) is 19.5 Å². The summed E-state index contributed by atoms with van der Waals surface area (Å²) < 4.78 is 3.94. The normalized spacial score (nSPS) is 30.8. The average Bonchev–Trinajstić information content (AvgIpc) is 3.19. The van der Waals surface area contributed by atoms with Crippen LogP contribution < -0.4 is 9.64 Å². The van der Waals surface area contributed by atoms with Crippen molar-refractivity contribution in [3.63, 3.8) is 0 Å². The Labute approximate surface area is 273 Å². The van der Waals surface area contributed by atoms with E-state index >= 15 is 0 Å². The Bertz CT molecular complexity index is 1380. The zero-order valence-corrected chi connectivity index (χ0v) is 29.2. The predicted molar refractivity (Wildman–Crippen MR) is 180 cm³/mol. The SMILES string of the molecule is CCOc1ccc(N2CC=C[C@]3(C)S[C@]45C=CCN(C(C)(C)CC(C)(C)C)C(=O)C4N([C@@H](CO)C(C)C)C(=O)[C@@H]5[C@@H]3C2=O)cc1. The molecule has 1 unspecified atom stereocenters. The monoisotopic (exact) mass is 637 g/mol. The van der Waals surface area contributed by atoms with E-state index in [0.717, 1.165) is 17.9 Å². The highest BCUT2D eigenvalue weighted by atomic mass is 32.2. The third-order valence-electron chi connectivity index (χ3n) is 9.96. The molecule has 4 aliphatic heterocycles. The summed E-state index contributed by atoms with van der Waals surface area (Å²) in [7, 11) is 0. The van der Waals surface area contributed by atoms with E-state index in [0.29, 0.717) is 19.7 Å². The summed E-state index contributed by atoms with van der Waals surface area (Å²) in [6, 6.07) is 6.08. The van der Waals surface area contributed by atoms with Crippen LogP contribution in [0.3, 0.4) is 0 Å². The highest BCUT2D eigenvalue weighted by molar-refractivity contribution is 8.02. The number of amides is 3. The molecule has 1 N–H and O–H groups in total. The maximum atomic E-state index is 15.0. The number of carbonyl (C=O) groups excluding carboxylic acids is 3. The van der Waals surface area contributed by atoms with Gasteiger partial charge in [-0.2, -0.15) is 0 Å². The lowest BCUT2D eigenvalue weighted by Crippen LogP contribution is -2.61. The van der Waals surface area contributed by atoms with E-state index in [4.69, 9.17) is 4.74 Å². The molecule has 2 saturated heterocycles. The van der Waals surface area contributed by atoms with Crippen molar-refractivity contribution in [2.24, 2.45) is 23.2 Å². The number of benzene rings is 1. The quantitative estimate of drug-likeness (QED) is 0.389. The number of carbonyl (C=O) groups is 3. The molecule has 0 bridgehead atoms. The van der Waals surface area contributed by atoms with Gasteiger partial charge in [0, 0.05) is 29.1 Å². The van der Waals surface area contributed by atoms with E-state index in [1.165, 1.54) is 0 Å². The van der Waals surface area contributed by atoms with Crippen molar-refractivity contribution in [2.75, 3.05) is 31.2 Å². The molecule has 6 atom stereocenters. The molecule has 0 saturated carbocycles. The Hall–Kier alpha value is -2.78. The number of thioether (sulfide) groups is 1. The topological polar surface area (TPSA) is 90.4 Å². The summed E-state index contributed by atoms with van der Waals surface area (Å²) in [5, 5.41) is 10.7. The van der Waals surface area contributed by atoms with Crippen molar-refractivity contribution in [2.45, 2.75) is 95.9 Å². The van der Waals surface area contributed by atoms with Gasteiger partial charge in [0.2, 0.25) is 17.7 Å². The van der Waals surface area contributed by atoms with Gasteiger partial charge in [0.05, 0.1) is 35.8 Å². The van der Waals surface area contributed by atoms with Gasteiger partial charge >= 0.3 is 0 Å². The Morgan fingerprint density at radius 2 is 1.60 bits per heavy atom. The summed E-state index contributed by atoms with van der Waals surface area (Å²) in [6.07, 6.45) is 8.97. The minimum atomic E-state index is -0.968. The molecule has 1 aromatic rings. The van der Waals surface area contributed by atoms with E-state index in [-0.39, 0.29) is 35.7 Å². The standard InChI is InChI=1S/C36H51N3O5S/c1-10-44-25-15-13-24(14-16-25)37-19-11-17-35(9)27(30(37)41)28-31(42)39(26(21-40)23(2)3)29-32(43)38(20-12-18-36(28,29)45-35)34(7,8)22-33(4,5)6/h11-18,23,26-29,40H,10,19-22H2,1-9H3/t26-,27+,28-,29?,35-,36-/m0/s1. The molecule has 8 nitrogen and oxygen atoms in total. The number of aliphatic hydroxyl groups excluding tert-OH is 1. The van der Waals surface area contributed by atoms with Crippen molar-refractivity contribution in [1.82, 2.24) is 9.80 Å². The van der Waals surface area contributed by atoms with Crippen LogP contribution in [0.2, 0.25) is 0 Å². The van der Waals surface area contributed by atoms with Gasteiger partial charge in [-0.05, 0) is 69.7 Å². The molecule has 4 aliphatic rings. The highest BCUT2D eigenvalue weighted by Gasteiger charge is 2.75. The minimum Gasteiger partial charge on any atom is -0.494 e. The van der Waals surface area contributed by atoms with Crippen molar-refractivity contribution >= 4 is 35.2 Å². The number of nitrogens with zero attached hydrogens (tertiary/aromatic N) is 3. The van der Waals surface area contributed by atoms with Crippen molar-refractivity contribution < 1.29 is 24.2 Å². The average molecular weight is 638 g/mol. The second kappa shape index (κ2) is 11.8. The highest BCUT2D eigenvalue weighted by Crippen LogP contribution is 2.66. The lowest BCUT2D eigenvalue weighted by molar-refractivity contribution is -0.150. The number of aliphatic hydroxyl groups is 1. The van der Waals surface area contributed by atoms with E-state index in [1.54, 1.807) is 21.6 Å².